The monoisotopic (exact) mass is 455 g/mol. The molecule has 0 unspecified atom stereocenters. The van der Waals surface area contributed by atoms with Crippen molar-refractivity contribution in [3.63, 3.8) is 0 Å². The van der Waals surface area contributed by atoms with Gasteiger partial charge in [0.1, 0.15) is 5.83 Å². The van der Waals surface area contributed by atoms with Crippen LogP contribution in [0.2, 0.25) is 0 Å². The number of hydrogen-bond acceptors (Lipinski definition) is 7. The number of halogens is 4. The fraction of sp³-hybridized carbons (Fsp3) is 0.400. The molecule has 3 rings (SSSR count). The summed E-state index contributed by atoms with van der Waals surface area (Å²) in [5.41, 5.74) is 6.39. The smallest absolute Gasteiger partial charge is 0.391 e. The molecule has 1 fully saturated rings. The number of hydrogen-bond donors (Lipinski definition) is 3. The molecule has 2 heterocycles. The Hall–Kier alpha value is -3.12. The van der Waals surface area contributed by atoms with Crippen molar-refractivity contribution in [2.75, 3.05) is 5.73 Å². The standard InChI is InChI=1S/C20H21F4N5O3/c1-2-15-10(4-14(21)12-8-27-19(25)28-9-12)3-11(7-26-15)18(31)29-16-5-13(6-17(16)30)32-20(22,23)24/h3-4,7-9,13,16-17,30H,2,5-6H2,1H3,(H,29,31)(H2,25,27,28)/b14-4-/t13-,16-,17-/m0/s1. The number of nitrogens with two attached hydrogens (primary N) is 1. The molecule has 1 aliphatic rings. The summed E-state index contributed by atoms with van der Waals surface area (Å²) in [5, 5.41) is 12.5. The summed E-state index contributed by atoms with van der Waals surface area (Å²) in [4.78, 5) is 24.2. The molecule has 2 aromatic rings. The normalized spacial score (nSPS) is 21.6. The van der Waals surface area contributed by atoms with E-state index in [9.17, 15) is 27.5 Å². The van der Waals surface area contributed by atoms with E-state index in [4.69, 9.17) is 5.73 Å². The Morgan fingerprint density at radius 1 is 1.25 bits per heavy atom. The van der Waals surface area contributed by atoms with Gasteiger partial charge in [-0.3, -0.25) is 14.5 Å². The highest BCUT2D eigenvalue weighted by atomic mass is 19.4. The number of aliphatic hydroxyl groups is 1. The molecule has 0 radical (unpaired) electrons. The average molecular weight is 455 g/mol. The molecular weight excluding hydrogens is 434 g/mol. The van der Waals surface area contributed by atoms with E-state index >= 15 is 0 Å². The minimum atomic E-state index is -4.83. The second-order valence-corrected chi connectivity index (χ2v) is 7.24. The Morgan fingerprint density at radius 3 is 2.53 bits per heavy atom. The summed E-state index contributed by atoms with van der Waals surface area (Å²) in [6.07, 6.45) is -2.42. The van der Waals surface area contributed by atoms with Crippen molar-refractivity contribution < 1.29 is 32.2 Å². The largest absolute Gasteiger partial charge is 0.522 e. The van der Waals surface area contributed by atoms with Crippen LogP contribution in [0.15, 0.2) is 24.7 Å². The number of carbonyl (C=O) groups excluding carboxylic acids is 1. The van der Waals surface area contributed by atoms with E-state index in [0.717, 1.165) is 0 Å². The van der Waals surface area contributed by atoms with Crippen molar-refractivity contribution in [1.29, 1.82) is 0 Å². The zero-order valence-electron chi connectivity index (χ0n) is 16.9. The number of ether oxygens (including phenoxy) is 1. The van der Waals surface area contributed by atoms with Crippen molar-refractivity contribution in [3.05, 3.63) is 47.0 Å². The van der Waals surface area contributed by atoms with Crippen LogP contribution in [0.1, 0.15) is 46.9 Å². The average Bonchev–Trinajstić information content (AvgIpc) is 3.05. The molecule has 12 heteroatoms. The van der Waals surface area contributed by atoms with Crippen LogP contribution in [0, 0.1) is 0 Å². The lowest BCUT2D eigenvalue weighted by molar-refractivity contribution is -0.342. The molecule has 8 nitrogen and oxygen atoms in total. The number of nitrogen functional groups attached to an aromatic ring is 1. The predicted molar refractivity (Wildman–Crippen MR) is 106 cm³/mol. The van der Waals surface area contributed by atoms with Gasteiger partial charge < -0.3 is 16.2 Å². The van der Waals surface area contributed by atoms with E-state index in [2.05, 4.69) is 25.0 Å². The van der Waals surface area contributed by atoms with E-state index in [-0.39, 0.29) is 29.9 Å². The molecule has 1 aliphatic carbocycles. The summed E-state index contributed by atoms with van der Waals surface area (Å²) >= 11 is 0. The molecule has 2 aromatic heterocycles. The number of aryl methyl sites for hydroxylation is 1. The van der Waals surface area contributed by atoms with Crippen molar-refractivity contribution >= 4 is 23.8 Å². The lowest BCUT2D eigenvalue weighted by Gasteiger charge is -2.17. The molecule has 0 aromatic carbocycles. The summed E-state index contributed by atoms with van der Waals surface area (Å²) in [5.74, 6) is -1.34. The first-order chi connectivity index (χ1) is 15.1. The maximum Gasteiger partial charge on any atom is 0.522 e. The van der Waals surface area contributed by atoms with Gasteiger partial charge in [-0.1, -0.05) is 6.92 Å². The van der Waals surface area contributed by atoms with Crippen molar-refractivity contribution in [3.8, 4) is 0 Å². The molecule has 172 valence electrons. The fourth-order valence-electron chi connectivity index (χ4n) is 3.40. The third-order valence-corrected chi connectivity index (χ3v) is 4.93. The topological polar surface area (TPSA) is 123 Å². The van der Waals surface area contributed by atoms with E-state index in [1.54, 1.807) is 6.92 Å². The molecule has 1 amide bonds. The summed E-state index contributed by atoms with van der Waals surface area (Å²) < 4.78 is 55.8. The van der Waals surface area contributed by atoms with Gasteiger partial charge in [0.2, 0.25) is 5.95 Å². The minimum Gasteiger partial charge on any atom is -0.391 e. The van der Waals surface area contributed by atoms with Gasteiger partial charge in [-0.05, 0) is 30.5 Å². The Labute approximate surface area is 180 Å². The molecule has 0 aliphatic heterocycles. The summed E-state index contributed by atoms with van der Waals surface area (Å²) in [6.45, 7) is 1.80. The number of amides is 1. The predicted octanol–water partition coefficient (Wildman–Crippen LogP) is 2.64. The highest BCUT2D eigenvalue weighted by molar-refractivity contribution is 5.95. The molecule has 0 spiro atoms. The number of nitrogens with one attached hydrogen (secondary N) is 1. The van der Waals surface area contributed by atoms with Gasteiger partial charge in [0.25, 0.3) is 5.91 Å². The van der Waals surface area contributed by atoms with Crippen LogP contribution in [-0.4, -0.2) is 50.6 Å². The first-order valence-corrected chi connectivity index (χ1v) is 9.73. The molecule has 3 atom stereocenters. The maximum absolute atomic E-state index is 14.6. The molecule has 4 N–H and O–H groups in total. The second kappa shape index (κ2) is 9.57. The van der Waals surface area contributed by atoms with Crippen LogP contribution in [-0.2, 0) is 11.2 Å². The van der Waals surface area contributed by atoms with E-state index in [1.807, 2.05) is 0 Å². The number of alkyl halides is 3. The summed E-state index contributed by atoms with van der Waals surface area (Å²) in [6, 6.07) is 0.479. The lowest BCUT2D eigenvalue weighted by atomic mass is 10.1. The zero-order chi connectivity index (χ0) is 23.5. The van der Waals surface area contributed by atoms with Crippen LogP contribution in [0.4, 0.5) is 23.5 Å². The number of aromatic nitrogens is 3. The van der Waals surface area contributed by atoms with Crippen molar-refractivity contribution in [2.45, 2.75) is 50.8 Å². The van der Waals surface area contributed by atoms with Gasteiger partial charge in [0.15, 0.2) is 0 Å². The van der Waals surface area contributed by atoms with Gasteiger partial charge in [-0.25, -0.2) is 14.4 Å². The van der Waals surface area contributed by atoms with Gasteiger partial charge in [-0.15, -0.1) is 13.2 Å². The van der Waals surface area contributed by atoms with E-state index < -0.39 is 36.3 Å². The summed E-state index contributed by atoms with van der Waals surface area (Å²) in [7, 11) is 0. The molecule has 0 saturated heterocycles. The number of nitrogens with zero attached hydrogens (tertiary/aromatic N) is 3. The highest BCUT2D eigenvalue weighted by Crippen LogP contribution is 2.29. The fourth-order valence-corrected chi connectivity index (χ4v) is 3.40. The maximum atomic E-state index is 14.6. The number of pyridine rings is 1. The van der Waals surface area contributed by atoms with Gasteiger partial charge in [0, 0.05) is 36.3 Å². The minimum absolute atomic E-state index is 0.00638. The molecule has 0 bridgehead atoms. The van der Waals surface area contributed by atoms with Crippen LogP contribution < -0.4 is 11.1 Å². The Kier molecular flexibility index (Phi) is 7.04. The Bertz CT molecular complexity index is 998. The van der Waals surface area contributed by atoms with Gasteiger partial charge in [0.05, 0.1) is 23.8 Å². The Balaban J connectivity index is 1.76. The first-order valence-electron chi connectivity index (χ1n) is 9.73. The van der Waals surface area contributed by atoms with Gasteiger partial charge in [-0.2, -0.15) is 0 Å². The van der Waals surface area contributed by atoms with Crippen LogP contribution in [0.3, 0.4) is 0 Å². The highest BCUT2D eigenvalue weighted by Gasteiger charge is 2.41. The number of anilines is 1. The van der Waals surface area contributed by atoms with Crippen molar-refractivity contribution in [2.24, 2.45) is 0 Å². The number of carbonyl (C=O) groups is 1. The van der Waals surface area contributed by atoms with E-state index in [0.29, 0.717) is 17.7 Å². The SMILES string of the molecule is CCc1ncc(C(=O)N[C@H]2C[C@H](OC(F)(F)F)C[C@@H]2O)cc1/C=C(\F)c1cnc(N)nc1. The molecule has 1 saturated carbocycles. The van der Waals surface area contributed by atoms with Gasteiger partial charge >= 0.3 is 6.36 Å². The number of aliphatic hydroxyl groups excluding tert-OH is 1. The van der Waals surface area contributed by atoms with Crippen LogP contribution >= 0.6 is 0 Å². The quantitative estimate of drug-likeness (QED) is 0.572. The zero-order valence-corrected chi connectivity index (χ0v) is 16.9. The molecule has 32 heavy (non-hydrogen) atoms. The number of rotatable bonds is 6. The molecular formula is C20H21F4N5O3. The van der Waals surface area contributed by atoms with Crippen LogP contribution in [0.5, 0.6) is 0 Å². The van der Waals surface area contributed by atoms with Crippen molar-refractivity contribution in [1.82, 2.24) is 20.3 Å². The van der Waals surface area contributed by atoms with Crippen LogP contribution in [0.25, 0.3) is 11.9 Å². The third kappa shape index (κ3) is 5.98. The lowest BCUT2D eigenvalue weighted by Crippen LogP contribution is -2.40. The third-order valence-electron chi connectivity index (χ3n) is 4.93. The first kappa shape index (κ1) is 23.5. The Morgan fingerprint density at radius 2 is 1.91 bits per heavy atom. The second-order valence-electron chi connectivity index (χ2n) is 7.24. The van der Waals surface area contributed by atoms with E-state index in [1.165, 1.54) is 30.7 Å².